The number of rotatable bonds is 6. The lowest BCUT2D eigenvalue weighted by atomic mass is 10.1. The molecule has 0 spiro atoms. The smallest absolute Gasteiger partial charge is 0.386 e. The molecule has 0 aliphatic carbocycles. The lowest BCUT2D eigenvalue weighted by Gasteiger charge is -2.28. The first kappa shape index (κ1) is 97.2. The Hall–Kier alpha value is -7.62. The molecule has 732 valence electrons. The molecule has 21 heterocycles. The number of imidazole rings is 2. The van der Waals surface area contributed by atoms with Crippen molar-refractivity contribution >= 4 is 225 Å². The molecule has 75 heteroatoms. The molecule has 0 aromatic carbocycles. The summed E-state index contributed by atoms with van der Waals surface area (Å²) in [7, 11) is 0. The van der Waals surface area contributed by atoms with E-state index in [0.29, 0.717) is 16.6 Å². The van der Waals surface area contributed by atoms with Gasteiger partial charge in [0.2, 0.25) is 24.1 Å². The van der Waals surface area contributed by atoms with Crippen LogP contribution in [0.2, 0.25) is 0 Å². The van der Waals surface area contributed by atoms with E-state index in [9.17, 15) is 43.4 Å². The van der Waals surface area contributed by atoms with E-state index >= 15 is 30.7 Å². The molecule has 9 fully saturated rings. The van der Waals surface area contributed by atoms with E-state index in [0.717, 1.165) is 41.3 Å². The van der Waals surface area contributed by atoms with Crippen molar-refractivity contribution in [2.45, 2.75) is 146 Å². The van der Waals surface area contributed by atoms with Gasteiger partial charge in [0, 0.05) is 35.9 Å². The Bertz CT molecular complexity index is 6950. The van der Waals surface area contributed by atoms with Crippen molar-refractivity contribution in [1.82, 2.24) is 114 Å². The number of H-pyrrole nitrogens is 3. The number of aromatic amines is 3. The summed E-state index contributed by atoms with van der Waals surface area (Å²) < 4.78 is 226. The fraction of sp³-hybridized carbons (Fsp3) is 0.492. The van der Waals surface area contributed by atoms with E-state index < -0.39 is 242 Å². The van der Waals surface area contributed by atoms with E-state index in [2.05, 4.69) is 98.0 Å². The second-order valence-electron chi connectivity index (χ2n) is 30.5. The first-order valence-electron chi connectivity index (χ1n) is 38.9. The van der Waals surface area contributed by atoms with Crippen LogP contribution in [-0.2, 0) is 142 Å². The number of ether oxygens (including phenoxy) is 5. The molecule has 0 saturated carbocycles. The number of alkyl halides is 7. The summed E-state index contributed by atoms with van der Waals surface area (Å²) in [5.74, 6) is -4.76. The summed E-state index contributed by atoms with van der Waals surface area (Å²) in [6, 6.07) is 5.95. The second-order valence-corrected chi connectivity index (χ2v) is 48.7. The topological polar surface area (TPSA) is 740 Å². The first-order chi connectivity index (χ1) is 64.3. The number of nitrogens with one attached hydrogen (secondary N) is 3. The number of halogens is 7. The summed E-state index contributed by atoms with van der Waals surface area (Å²) >= 11 is 30.5. The van der Waals surface area contributed by atoms with Crippen LogP contribution in [-0.4, -0.2) is 287 Å². The van der Waals surface area contributed by atoms with Gasteiger partial charge in [-0.25, -0.2) is 56.1 Å². The van der Waals surface area contributed by atoms with Gasteiger partial charge in [-0.1, -0.05) is 27.9 Å². The monoisotopic (exact) mass is 2160 g/mol. The third-order valence-corrected chi connectivity index (χ3v) is 32.7. The van der Waals surface area contributed by atoms with Crippen molar-refractivity contribution in [2.75, 3.05) is 74.0 Å². The average Bonchev–Trinajstić information content (AvgIpc) is 1.60. The number of pyridine rings is 3. The summed E-state index contributed by atoms with van der Waals surface area (Å²) in [5.41, 5.74) is 33.3. The van der Waals surface area contributed by atoms with Crippen LogP contribution in [0, 0.1) is 0 Å². The molecule has 6 bridgehead atoms. The quantitative estimate of drug-likeness (QED) is 0.0643. The highest BCUT2D eigenvalue weighted by Gasteiger charge is 2.64. The van der Waals surface area contributed by atoms with Gasteiger partial charge in [0.25, 0.3) is 16.7 Å². The van der Waals surface area contributed by atoms with Crippen LogP contribution in [0.25, 0.3) is 66.9 Å². The van der Waals surface area contributed by atoms with Gasteiger partial charge >= 0.3 is 46.3 Å². The minimum absolute atomic E-state index is 0.0577. The molecule has 20 N–H and O–H groups in total. The van der Waals surface area contributed by atoms with E-state index in [1.54, 1.807) is 0 Å². The third-order valence-electron chi connectivity index (χ3n) is 21.8. The highest BCUT2D eigenvalue weighted by molar-refractivity contribution is 8.44. The van der Waals surface area contributed by atoms with Crippen LogP contribution < -0.4 is 51.1 Å². The Morgan fingerprint density at radius 3 is 1.47 bits per heavy atom. The highest BCUT2D eigenvalue weighted by atomic mass is 32.7. The van der Waals surface area contributed by atoms with Gasteiger partial charge in [-0.3, -0.25) is 70.1 Å². The van der Waals surface area contributed by atoms with E-state index in [1.807, 2.05) is 0 Å². The Labute approximate surface area is 784 Å². The maximum absolute atomic E-state index is 16.1. The Morgan fingerprint density at radius 2 is 0.860 bits per heavy atom. The number of thiol groups is 1. The zero-order chi connectivity index (χ0) is 96.4. The molecule has 9 saturated heterocycles. The maximum Gasteiger partial charge on any atom is 0.386 e. The molecule has 29 atom stereocenters. The van der Waals surface area contributed by atoms with Gasteiger partial charge in [0.1, 0.15) is 83.7 Å². The zero-order valence-corrected chi connectivity index (χ0v) is 78.4. The van der Waals surface area contributed by atoms with Crippen LogP contribution >= 0.6 is 64.4 Å². The standard InChI is InChI=1S/C21H22F3N9O9P2S2.C20H22F2N10O9P2S2.C20H22F2N10O8P2S3/c22-11-9-5-37-44(36,46)42-14-10(40-19(21(14,23)24)32-4-2-7-8(25)1-3-27-15(7)32)6-38-43(35,45)41-13(11)18(39-9)33-16-12(30-31-33)17(34)29-20(26)28-16;21-9-7-3-36-42(34,44)40-13-8(39-18(10(13)22)32-15-11(29-30-32)6(23)1-2-25-15)4-37-43(35,45)41-14(9)19(38-7)31-5-26-12-16(31)27-20(24)28-17(12)33;21-9-8-4-37-42(35,44)39-13-7(38-18(10(13)22)31-5-26-11-6(23)1-2-25-15(11)31)3-36-41(34,43)40-14(9)19(45-8)32-16-12(29-30-32)17(33)28-20(24)27-16/h1-4,9-11,13-14,18-19H,5-6H2,(H2,25,27)(H,35,45)(H,36,46)(H3,26,28,29,34);1-2,5,7-10,13-14,18-19H,3-4H2,(H2,23,25)(H,34,44)(H,35,45)(H3,24,27,28,33);1-2,5,7-10,13-14,18-19H,3-4H2,(H2,23,25)(H,34,43)(H,35,44)(H3,24,27,28,33)/t9-,10-,11+,13-,14-,18-,19-,43?,44?;7-,8-,9-,10+,13-,14-,18-,19-,42?,43?;7-,8-,9-,10+,13-,14-,18-,19-,41?,42?/m111/s1. The van der Waals surface area contributed by atoms with Crippen molar-refractivity contribution in [1.29, 1.82) is 0 Å². The van der Waals surface area contributed by atoms with Crippen molar-refractivity contribution in [3.63, 3.8) is 0 Å². The van der Waals surface area contributed by atoms with Crippen molar-refractivity contribution in [3.05, 3.63) is 92.8 Å². The highest BCUT2D eigenvalue weighted by Crippen LogP contribution is 2.63. The number of hydrogen-bond acceptors (Lipinski definition) is 47. The maximum atomic E-state index is 16.1. The molecule has 9 aliphatic heterocycles. The van der Waals surface area contributed by atoms with Gasteiger partial charge in [-0.15, -0.1) is 27.1 Å². The third kappa shape index (κ3) is 18.7. The van der Waals surface area contributed by atoms with Crippen molar-refractivity contribution in [2.24, 2.45) is 0 Å². The summed E-state index contributed by atoms with van der Waals surface area (Å²) in [6.45, 7) is -30.8. The van der Waals surface area contributed by atoms with Crippen LogP contribution in [0.4, 0.5) is 65.6 Å². The lowest BCUT2D eigenvalue weighted by Crippen LogP contribution is -2.41. The van der Waals surface area contributed by atoms with Crippen LogP contribution in [0.5, 0.6) is 0 Å². The Morgan fingerprint density at radius 1 is 0.426 bits per heavy atom. The number of hydrogen-bond donors (Lipinski definition) is 15. The average molecular weight is 2160 g/mol. The number of fused-ring (bicyclic) bond motifs is 15. The van der Waals surface area contributed by atoms with Crippen LogP contribution in [0.1, 0.15) is 36.5 Å². The lowest BCUT2D eigenvalue weighted by molar-refractivity contribution is -0.135. The van der Waals surface area contributed by atoms with Gasteiger partial charge in [-0.05, 0) is 83.3 Å². The van der Waals surface area contributed by atoms with E-state index in [4.69, 9.17) is 171 Å². The molecule has 0 amide bonds. The normalized spacial score (nSPS) is 37.3. The Kier molecular flexibility index (Phi) is 26.2. The van der Waals surface area contributed by atoms with Gasteiger partial charge in [0.05, 0.1) is 68.9 Å². The second kappa shape index (κ2) is 36.7. The zero-order valence-electron chi connectivity index (χ0n) is 67.2. The summed E-state index contributed by atoms with van der Waals surface area (Å²) in [4.78, 5) is 131. The fourth-order valence-corrected chi connectivity index (χ4v) is 25.9. The molecule has 136 heavy (non-hydrogen) atoms. The molecule has 21 rings (SSSR count). The number of anilines is 6. The molecular weight excluding hydrogens is 2100 g/mol. The molecular formula is C61H66F7N29O26P6S7. The van der Waals surface area contributed by atoms with Gasteiger partial charge in [-0.2, -0.15) is 33.1 Å². The first-order valence-corrected chi connectivity index (χ1v) is 55.5. The molecule has 12 aromatic rings. The van der Waals surface area contributed by atoms with Crippen LogP contribution in [0.15, 0.2) is 76.1 Å². The molecule has 9 aliphatic rings. The number of aromatic nitrogens is 23. The minimum atomic E-state index is -4.59. The number of nitrogen functional groups attached to an aromatic ring is 6. The predicted octanol–water partition coefficient (Wildman–Crippen LogP) is 1.98. The van der Waals surface area contributed by atoms with E-state index in [1.165, 1.54) is 59.9 Å². The van der Waals surface area contributed by atoms with Crippen molar-refractivity contribution in [3.8, 4) is 0 Å². The minimum Gasteiger partial charge on any atom is -0.398 e. The SMILES string of the molecule is Nc1nc2c(ncn2[C@@H]2O[C@@H]3COP(O)(=S)O[C@H]4[C@H](F)[C@H](n5nnc6c(N)ccnc65)O[C@@H]4COP(=O)(S)O[C@@H]2[C@@H]3F)c(=O)[nH]1.Nc1nc2c(nnn2[C@@H]2O[C@@H]3COP(O)(=S)O[C@@H]4[C@@H](COP(O)(=S)O[C@@H]2[C@H]3F)O[C@@H](n2ccc3c(N)ccnc32)C4(F)F)c(=O)[nH]1.Nc1nc2c(nnn2[C@@H]2S[C@@H]3COP(O)(=S)O[C@H]4[C@H](F)[C@H](n5cnc6c(N)ccnc65)O[C@@H]4COP(O)(=S)O[C@@H]2[C@@H]3F)c(=O)[nH]1. The molecule has 12 aromatic heterocycles. The fourth-order valence-electron chi connectivity index (χ4n) is 15.7. The molecule has 6 unspecified atom stereocenters. The van der Waals surface area contributed by atoms with Gasteiger partial charge in [0.15, 0.2) is 106 Å². The largest absolute Gasteiger partial charge is 0.398 e. The predicted molar refractivity (Wildman–Crippen MR) is 473 cm³/mol. The number of nitrogens with zero attached hydrogens (tertiary/aromatic N) is 20. The van der Waals surface area contributed by atoms with Crippen molar-refractivity contribution < 1.29 is 138 Å². The molecule has 55 nitrogen and oxygen atoms in total. The number of nitrogens with two attached hydrogens (primary N) is 6. The summed E-state index contributed by atoms with van der Waals surface area (Å²) in [5, 5.41) is 21.2. The van der Waals surface area contributed by atoms with Crippen LogP contribution in [0.3, 0.4) is 0 Å². The van der Waals surface area contributed by atoms with E-state index in [-0.39, 0.29) is 85.2 Å². The molecule has 0 radical (unpaired) electrons. The Balaban J connectivity index is 0.000000131. The summed E-state index contributed by atoms with van der Waals surface area (Å²) in [6.07, 6.45) is -28.9. The number of thioether (sulfide) groups is 1. The van der Waals surface area contributed by atoms with Gasteiger partial charge < -0.3 is 110 Å².